The molecule has 1 radical (unpaired) electrons. The molecule has 0 saturated heterocycles. The van der Waals surface area contributed by atoms with Gasteiger partial charge in [-0.3, -0.25) is 12.2 Å². The van der Waals surface area contributed by atoms with E-state index in [0.717, 1.165) is 12.8 Å². The quantitative estimate of drug-likeness (QED) is 0.410. The van der Waals surface area contributed by atoms with Gasteiger partial charge in [0.25, 0.3) is 0 Å². The average Bonchev–Trinajstić information content (AvgIpc) is 2.67. The summed E-state index contributed by atoms with van der Waals surface area (Å²) in [5, 5.41) is 0. The van der Waals surface area contributed by atoms with Crippen molar-refractivity contribution in [3.05, 3.63) is 48.6 Å². The van der Waals surface area contributed by atoms with Crippen LogP contribution in [0.25, 0.3) is 0 Å². The molecule has 2 rings (SSSR count). The Kier molecular flexibility index (Phi) is 13.6. The van der Waals surface area contributed by atoms with Gasteiger partial charge in [0.15, 0.2) is 0 Å². The van der Waals surface area contributed by atoms with E-state index in [2.05, 4.69) is 24.3 Å². The Labute approximate surface area is 99.8 Å². The maximum absolute atomic E-state index is 2.99. The molecule has 0 heterocycles. The van der Waals surface area contributed by atoms with Crippen molar-refractivity contribution < 1.29 is 38.7 Å². The molecular weight excluding hydrogens is 248 g/mol. The Balaban J connectivity index is 0. The van der Waals surface area contributed by atoms with E-state index in [0.29, 0.717) is 0 Å². The van der Waals surface area contributed by atoms with E-state index in [1.54, 1.807) is 0 Å². The van der Waals surface area contributed by atoms with Crippen molar-refractivity contribution in [3.8, 4) is 0 Å². The number of rotatable bonds is 0. The Morgan fingerprint density at radius 2 is 1.25 bits per heavy atom. The van der Waals surface area contributed by atoms with Crippen molar-refractivity contribution >= 4 is 0 Å². The van der Waals surface area contributed by atoms with Crippen LogP contribution >= 0.6 is 0 Å². The van der Waals surface area contributed by atoms with Gasteiger partial charge in [0.05, 0.1) is 0 Å². The summed E-state index contributed by atoms with van der Waals surface area (Å²) in [6.07, 6.45) is 20.0. The van der Waals surface area contributed by atoms with Gasteiger partial charge in [-0.05, 0) is 0 Å². The molecule has 0 saturated carbocycles. The van der Waals surface area contributed by atoms with Gasteiger partial charge in [0.1, 0.15) is 0 Å². The molecule has 0 N–H and O–H groups in total. The predicted octanol–water partition coefficient (Wildman–Crippen LogP) is -0.387. The van der Waals surface area contributed by atoms with E-state index in [-0.39, 0.29) is 38.7 Å². The van der Waals surface area contributed by atoms with E-state index in [4.69, 9.17) is 0 Å². The summed E-state index contributed by atoms with van der Waals surface area (Å²) in [5.41, 5.74) is 0. The molecule has 0 aromatic heterocycles. The minimum absolute atomic E-state index is 0. The summed E-state index contributed by atoms with van der Waals surface area (Å²) in [5.74, 6) is 0. The molecule has 0 fully saturated rings. The molecule has 0 amide bonds. The van der Waals surface area contributed by atoms with Gasteiger partial charge in [-0.15, -0.1) is 12.8 Å². The standard InChI is InChI=1S/2C5H5.BrH.Ti/c2*1-2-4-5-3-1;;/h2*1-3H,4H2;1H;/q2*-1;;+3/p-1. The van der Waals surface area contributed by atoms with Crippen LogP contribution in [0.4, 0.5) is 0 Å². The van der Waals surface area contributed by atoms with Crippen LogP contribution in [0.2, 0.25) is 0 Å². The number of hydrogen-bond acceptors (Lipinski definition) is 0. The number of halogens is 1. The molecule has 12 heavy (non-hydrogen) atoms. The van der Waals surface area contributed by atoms with Gasteiger partial charge in [-0.1, -0.05) is 0 Å². The summed E-state index contributed by atoms with van der Waals surface area (Å²) in [4.78, 5) is 0. The largest absolute Gasteiger partial charge is 3.00 e. The summed E-state index contributed by atoms with van der Waals surface area (Å²) in [6.45, 7) is 0. The molecule has 0 spiro atoms. The molecule has 2 aliphatic carbocycles. The van der Waals surface area contributed by atoms with Crippen molar-refractivity contribution in [2.24, 2.45) is 0 Å². The number of allylic oxidation sites excluding steroid dienone is 8. The van der Waals surface area contributed by atoms with E-state index >= 15 is 0 Å². The van der Waals surface area contributed by atoms with Crippen molar-refractivity contribution in [1.82, 2.24) is 0 Å². The summed E-state index contributed by atoms with van der Waals surface area (Å²) in [7, 11) is 0. The van der Waals surface area contributed by atoms with E-state index in [9.17, 15) is 0 Å². The second-order valence-electron chi connectivity index (χ2n) is 2.01. The third kappa shape index (κ3) is 8.25. The zero-order valence-corrected chi connectivity index (χ0v) is 9.90. The Morgan fingerprint density at radius 3 is 1.33 bits per heavy atom. The van der Waals surface area contributed by atoms with E-state index < -0.39 is 0 Å². The fourth-order valence-corrected chi connectivity index (χ4v) is 0.680. The maximum atomic E-state index is 2.99. The van der Waals surface area contributed by atoms with Crippen LogP contribution in [-0.2, 0) is 21.7 Å². The zero-order chi connectivity index (χ0) is 7.07. The Morgan fingerprint density at radius 1 is 0.833 bits per heavy atom. The molecule has 0 aliphatic heterocycles. The fraction of sp³-hybridized carbons (Fsp3) is 0.200. The van der Waals surface area contributed by atoms with Crippen LogP contribution < -0.4 is 17.0 Å². The summed E-state index contributed by atoms with van der Waals surface area (Å²) < 4.78 is 0. The van der Waals surface area contributed by atoms with Crippen LogP contribution in [0.1, 0.15) is 12.8 Å². The molecule has 0 aromatic carbocycles. The van der Waals surface area contributed by atoms with E-state index in [1.807, 2.05) is 24.3 Å². The fourth-order valence-electron chi connectivity index (χ4n) is 0.680. The molecule has 0 unspecified atom stereocenters. The molecule has 0 nitrogen and oxygen atoms in total. The van der Waals surface area contributed by atoms with Crippen LogP contribution in [0.5, 0.6) is 0 Å². The van der Waals surface area contributed by atoms with Crippen LogP contribution in [-0.4, -0.2) is 0 Å². The maximum Gasteiger partial charge on any atom is 3.00 e. The smallest absolute Gasteiger partial charge is 1.00 e. The first-order valence-corrected chi connectivity index (χ1v) is 3.43. The molecule has 61 valence electrons. The van der Waals surface area contributed by atoms with Crippen LogP contribution in [0.3, 0.4) is 0 Å². The number of hydrogen-bond donors (Lipinski definition) is 0. The zero-order valence-electron chi connectivity index (χ0n) is 6.76. The van der Waals surface area contributed by atoms with Gasteiger partial charge in [0, 0.05) is 0 Å². The third-order valence-electron chi connectivity index (χ3n) is 1.17. The molecule has 0 bridgehead atoms. The topological polar surface area (TPSA) is 0 Å². The minimum Gasteiger partial charge on any atom is -1.00 e. The second-order valence-corrected chi connectivity index (χ2v) is 2.01. The second kappa shape index (κ2) is 11.2. The van der Waals surface area contributed by atoms with Gasteiger partial charge >= 0.3 is 21.7 Å². The van der Waals surface area contributed by atoms with Crippen LogP contribution in [0, 0.1) is 12.2 Å². The molecule has 2 heteroatoms. The van der Waals surface area contributed by atoms with Crippen molar-refractivity contribution in [1.29, 1.82) is 0 Å². The van der Waals surface area contributed by atoms with Gasteiger partial charge in [-0.2, -0.15) is 12.2 Å². The molecule has 0 atom stereocenters. The van der Waals surface area contributed by atoms with Gasteiger partial charge in [0.2, 0.25) is 0 Å². The Bertz CT molecular complexity index is 148. The van der Waals surface area contributed by atoms with E-state index in [1.165, 1.54) is 0 Å². The SMILES string of the molecule is [Br-].[C-]1=CC=CC1.[C-]1=CC=CC1.[Ti+3]. The molecular formula is C10H10BrTi. The Hall–Kier alpha value is 0.154. The van der Waals surface area contributed by atoms with Crippen molar-refractivity contribution in [3.63, 3.8) is 0 Å². The van der Waals surface area contributed by atoms with Crippen LogP contribution in [0.15, 0.2) is 36.5 Å². The monoisotopic (exact) mass is 257 g/mol. The van der Waals surface area contributed by atoms with Gasteiger partial charge < -0.3 is 17.0 Å². The van der Waals surface area contributed by atoms with Crippen molar-refractivity contribution in [2.45, 2.75) is 12.8 Å². The molecule has 0 aromatic rings. The normalized spacial score (nSPS) is 14.7. The summed E-state index contributed by atoms with van der Waals surface area (Å²) in [6, 6.07) is 0. The molecule has 2 aliphatic rings. The first kappa shape index (κ1) is 14.7. The first-order valence-electron chi connectivity index (χ1n) is 3.43. The summed E-state index contributed by atoms with van der Waals surface area (Å²) >= 11 is 0. The van der Waals surface area contributed by atoms with Crippen molar-refractivity contribution in [2.75, 3.05) is 0 Å². The average molecular weight is 258 g/mol. The first-order chi connectivity index (χ1) is 5.00. The minimum atomic E-state index is 0. The third-order valence-corrected chi connectivity index (χ3v) is 1.17. The van der Waals surface area contributed by atoms with Gasteiger partial charge in [-0.25, -0.2) is 24.3 Å². The predicted molar refractivity (Wildman–Crippen MR) is 43.1 cm³/mol.